The van der Waals surface area contributed by atoms with Crippen LogP contribution in [0.15, 0.2) is 48.5 Å². The second-order valence-electron chi connectivity index (χ2n) is 7.10. The first-order chi connectivity index (χ1) is 14.1. The number of para-hydroxylation sites is 2. The molecule has 29 heavy (non-hydrogen) atoms. The Morgan fingerprint density at radius 1 is 1.17 bits per heavy atom. The molecule has 0 saturated carbocycles. The number of ether oxygens (including phenoxy) is 2. The summed E-state index contributed by atoms with van der Waals surface area (Å²) in [6, 6.07) is 14.6. The fourth-order valence-electron chi connectivity index (χ4n) is 3.29. The minimum Gasteiger partial charge on any atom is -0.481 e. The molecule has 0 bridgehead atoms. The largest absolute Gasteiger partial charge is 0.481 e. The number of nitrogens with one attached hydrogen (secondary N) is 2. The highest BCUT2D eigenvalue weighted by Crippen LogP contribution is 2.21. The summed E-state index contributed by atoms with van der Waals surface area (Å²) in [6.45, 7) is 4.95. The first-order valence-electron chi connectivity index (χ1n) is 10.1. The van der Waals surface area contributed by atoms with Crippen molar-refractivity contribution in [1.82, 2.24) is 5.32 Å². The van der Waals surface area contributed by atoms with E-state index in [2.05, 4.69) is 10.6 Å². The predicted octanol–water partition coefficient (Wildman–Crippen LogP) is 3.56. The third-order valence-electron chi connectivity index (χ3n) is 4.97. The van der Waals surface area contributed by atoms with Crippen LogP contribution in [0.2, 0.25) is 0 Å². The number of benzene rings is 2. The average Bonchev–Trinajstić information content (AvgIpc) is 3.26. The molecule has 6 nitrogen and oxygen atoms in total. The number of hydrogen-bond donors (Lipinski definition) is 2. The van der Waals surface area contributed by atoms with Gasteiger partial charge in [-0.2, -0.15) is 0 Å². The highest BCUT2D eigenvalue weighted by molar-refractivity contribution is 6.04. The minimum absolute atomic E-state index is 0.0627. The zero-order valence-corrected chi connectivity index (χ0v) is 16.9. The van der Waals surface area contributed by atoms with Crippen LogP contribution in [-0.4, -0.2) is 37.2 Å². The molecule has 1 aliphatic rings. The Kier molecular flexibility index (Phi) is 7.25. The van der Waals surface area contributed by atoms with Crippen LogP contribution in [-0.2, 0) is 16.0 Å². The van der Waals surface area contributed by atoms with Crippen LogP contribution in [0.5, 0.6) is 5.75 Å². The summed E-state index contributed by atoms with van der Waals surface area (Å²) in [5.74, 6) is 0.150. The standard InChI is InChI=1S/C23H28N2O4/c1-3-17-9-4-7-13-21(17)29-16(2)22(26)25-20-12-6-5-11-19(20)23(27)24-15-18-10-8-14-28-18/h4-7,9,11-13,16,18H,3,8,10,14-15H2,1-2H3,(H,24,27)(H,25,26). The maximum atomic E-state index is 12.7. The van der Waals surface area contributed by atoms with Crippen molar-refractivity contribution >= 4 is 17.5 Å². The molecule has 0 radical (unpaired) electrons. The van der Waals surface area contributed by atoms with Gasteiger partial charge in [0.1, 0.15) is 5.75 Å². The van der Waals surface area contributed by atoms with E-state index in [1.807, 2.05) is 31.2 Å². The molecule has 1 heterocycles. The second-order valence-corrected chi connectivity index (χ2v) is 7.10. The average molecular weight is 396 g/mol. The highest BCUT2D eigenvalue weighted by atomic mass is 16.5. The van der Waals surface area contributed by atoms with Gasteiger partial charge in [0.05, 0.1) is 17.4 Å². The number of amides is 2. The van der Waals surface area contributed by atoms with E-state index >= 15 is 0 Å². The molecule has 1 aliphatic heterocycles. The molecule has 1 saturated heterocycles. The lowest BCUT2D eigenvalue weighted by atomic mass is 10.1. The third kappa shape index (κ3) is 5.57. The quantitative estimate of drug-likeness (QED) is 0.715. The Labute approximate surface area is 171 Å². The zero-order chi connectivity index (χ0) is 20.6. The van der Waals surface area contributed by atoms with E-state index in [1.165, 1.54) is 0 Å². The molecule has 0 aromatic heterocycles. The molecule has 2 unspecified atom stereocenters. The lowest BCUT2D eigenvalue weighted by molar-refractivity contribution is -0.122. The summed E-state index contributed by atoms with van der Waals surface area (Å²) >= 11 is 0. The van der Waals surface area contributed by atoms with Crippen LogP contribution in [0, 0.1) is 0 Å². The summed E-state index contributed by atoms with van der Waals surface area (Å²) in [7, 11) is 0. The Balaban J connectivity index is 1.63. The first kappa shape index (κ1) is 20.9. The highest BCUT2D eigenvalue weighted by Gasteiger charge is 2.21. The summed E-state index contributed by atoms with van der Waals surface area (Å²) in [5, 5.41) is 5.71. The molecule has 2 atom stereocenters. The van der Waals surface area contributed by atoms with E-state index in [4.69, 9.17) is 9.47 Å². The smallest absolute Gasteiger partial charge is 0.265 e. The van der Waals surface area contributed by atoms with E-state index in [1.54, 1.807) is 31.2 Å². The van der Waals surface area contributed by atoms with Crippen molar-refractivity contribution in [3.63, 3.8) is 0 Å². The SMILES string of the molecule is CCc1ccccc1OC(C)C(=O)Nc1ccccc1C(=O)NCC1CCCO1. The summed E-state index contributed by atoms with van der Waals surface area (Å²) < 4.78 is 11.4. The summed E-state index contributed by atoms with van der Waals surface area (Å²) in [5.41, 5.74) is 1.92. The predicted molar refractivity (Wildman–Crippen MR) is 112 cm³/mol. The van der Waals surface area contributed by atoms with Crippen molar-refractivity contribution in [1.29, 1.82) is 0 Å². The van der Waals surface area contributed by atoms with Crippen molar-refractivity contribution in [2.75, 3.05) is 18.5 Å². The molecule has 3 rings (SSSR count). The van der Waals surface area contributed by atoms with Gasteiger partial charge in [0.2, 0.25) is 0 Å². The Bertz CT molecular complexity index is 846. The monoisotopic (exact) mass is 396 g/mol. The van der Waals surface area contributed by atoms with E-state index in [-0.39, 0.29) is 17.9 Å². The minimum atomic E-state index is -0.703. The van der Waals surface area contributed by atoms with Crippen molar-refractivity contribution in [3.8, 4) is 5.75 Å². The van der Waals surface area contributed by atoms with Gasteiger partial charge in [0, 0.05) is 13.2 Å². The summed E-state index contributed by atoms with van der Waals surface area (Å²) in [4.78, 5) is 25.3. The van der Waals surface area contributed by atoms with E-state index < -0.39 is 6.10 Å². The maximum absolute atomic E-state index is 12.7. The lowest BCUT2D eigenvalue weighted by Gasteiger charge is -2.18. The van der Waals surface area contributed by atoms with Gasteiger partial charge in [-0.25, -0.2) is 0 Å². The van der Waals surface area contributed by atoms with Crippen LogP contribution in [0.1, 0.15) is 42.6 Å². The molecule has 154 valence electrons. The van der Waals surface area contributed by atoms with Crippen LogP contribution in [0.25, 0.3) is 0 Å². The van der Waals surface area contributed by atoms with Crippen molar-refractivity contribution in [2.24, 2.45) is 0 Å². The van der Waals surface area contributed by atoms with Crippen molar-refractivity contribution in [3.05, 3.63) is 59.7 Å². The van der Waals surface area contributed by atoms with Gasteiger partial charge in [-0.05, 0) is 49.9 Å². The van der Waals surface area contributed by atoms with Gasteiger partial charge in [-0.1, -0.05) is 37.3 Å². The Morgan fingerprint density at radius 2 is 1.93 bits per heavy atom. The van der Waals surface area contributed by atoms with Gasteiger partial charge in [0.25, 0.3) is 11.8 Å². The number of anilines is 1. The summed E-state index contributed by atoms with van der Waals surface area (Å²) in [6.07, 6.45) is 2.15. The molecular formula is C23H28N2O4. The van der Waals surface area contributed by atoms with Gasteiger partial charge in [-0.15, -0.1) is 0 Å². The molecule has 0 spiro atoms. The van der Waals surface area contributed by atoms with Crippen LogP contribution in [0.3, 0.4) is 0 Å². The van der Waals surface area contributed by atoms with Crippen molar-refractivity contribution in [2.45, 2.75) is 45.3 Å². The molecule has 2 aromatic rings. The van der Waals surface area contributed by atoms with Gasteiger partial charge >= 0.3 is 0 Å². The van der Waals surface area contributed by atoms with Crippen LogP contribution in [0.4, 0.5) is 5.69 Å². The first-order valence-corrected chi connectivity index (χ1v) is 10.1. The molecule has 2 amide bonds. The fourth-order valence-corrected chi connectivity index (χ4v) is 3.29. The molecule has 0 aliphatic carbocycles. The molecule has 1 fully saturated rings. The maximum Gasteiger partial charge on any atom is 0.265 e. The van der Waals surface area contributed by atoms with E-state index in [0.29, 0.717) is 23.5 Å². The number of rotatable bonds is 8. The number of hydrogen-bond acceptors (Lipinski definition) is 4. The molecule has 2 N–H and O–H groups in total. The Hall–Kier alpha value is -2.86. The molecule has 6 heteroatoms. The van der Waals surface area contributed by atoms with Crippen LogP contribution >= 0.6 is 0 Å². The van der Waals surface area contributed by atoms with Gasteiger partial charge < -0.3 is 20.1 Å². The fraction of sp³-hybridized carbons (Fsp3) is 0.391. The number of aryl methyl sites for hydroxylation is 1. The second kappa shape index (κ2) is 10.1. The van der Waals surface area contributed by atoms with Gasteiger partial charge in [-0.3, -0.25) is 9.59 Å². The van der Waals surface area contributed by atoms with E-state index in [0.717, 1.165) is 31.4 Å². The molecule has 2 aromatic carbocycles. The molecular weight excluding hydrogens is 368 g/mol. The third-order valence-corrected chi connectivity index (χ3v) is 4.97. The normalized spacial score (nSPS) is 16.8. The van der Waals surface area contributed by atoms with Crippen LogP contribution < -0.4 is 15.4 Å². The van der Waals surface area contributed by atoms with E-state index in [9.17, 15) is 9.59 Å². The van der Waals surface area contributed by atoms with Crippen molar-refractivity contribution < 1.29 is 19.1 Å². The number of carbonyl (C=O) groups is 2. The topological polar surface area (TPSA) is 76.7 Å². The lowest BCUT2D eigenvalue weighted by Crippen LogP contribution is -2.34. The Morgan fingerprint density at radius 3 is 2.69 bits per heavy atom. The number of carbonyl (C=O) groups excluding carboxylic acids is 2. The van der Waals surface area contributed by atoms with Gasteiger partial charge in [0.15, 0.2) is 6.10 Å². The zero-order valence-electron chi connectivity index (χ0n) is 16.9.